The van der Waals surface area contributed by atoms with Gasteiger partial charge in [-0.15, -0.1) is 0 Å². The van der Waals surface area contributed by atoms with Crippen molar-refractivity contribution in [1.82, 2.24) is 0 Å². The molecule has 0 saturated carbocycles. The van der Waals surface area contributed by atoms with Gasteiger partial charge in [-0.3, -0.25) is 0 Å². The van der Waals surface area contributed by atoms with Gasteiger partial charge in [-0.05, 0) is 13.8 Å². The van der Waals surface area contributed by atoms with Crippen molar-refractivity contribution in [1.29, 1.82) is 0 Å². The Morgan fingerprint density at radius 3 is 1.78 bits per heavy atom. The molecule has 0 aromatic heterocycles. The average Bonchev–Trinajstić information content (AvgIpc) is 1.63. The first kappa shape index (κ1) is 8.40. The van der Waals surface area contributed by atoms with Crippen LogP contribution in [0.15, 0.2) is 0 Å². The lowest BCUT2D eigenvalue weighted by Gasteiger charge is -1.98. The van der Waals surface area contributed by atoms with E-state index in [1.165, 1.54) is 0 Å². The van der Waals surface area contributed by atoms with Gasteiger partial charge < -0.3 is 0 Å². The molecule has 0 radical (unpaired) electrons. The van der Waals surface area contributed by atoms with Crippen molar-refractivity contribution in [2.45, 2.75) is 39.8 Å². The van der Waals surface area contributed by atoms with Crippen molar-refractivity contribution in [3.05, 3.63) is 4.91 Å². The quantitative estimate of drug-likeness (QED) is 0.545. The summed E-state index contributed by atoms with van der Waals surface area (Å²) in [5.74, 6) is 0. The van der Waals surface area contributed by atoms with Gasteiger partial charge in [-0.25, -0.2) is 4.84 Å². The Labute approximate surface area is 55.5 Å². The second kappa shape index (κ2) is 3.43. The van der Waals surface area contributed by atoms with Gasteiger partial charge in [0.2, 0.25) is 4.92 Å². The monoisotopic (exact) mass is 132 g/mol. The lowest BCUT2D eigenvalue weighted by Crippen LogP contribution is -2.21. The highest BCUT2D eigenvalue weighted by molar-refractivity contribution is 4.29. The minimum Gasteiger partial charge on any atom is -0.229 e. The number of hydrogen-bond acceptors (Lipinski definition) is 2. The van der Waals surface area contributed by atoms with Crippen molar-refractivity contribution in [3.8, 4) is 0 Å². The predicted octanol–water partition coefficient (Wildman–Crippen LogP) is 1.51. The molecule has 0 aromatic carbocycles. The molecule has 0 rings (SSSR count). The highest BCUT2D eigenvalue weighted by Crippen LogP contribution is 1.93. The summed E-state index contributed by atoms with van der Waals surface area (Å²) >= 11 is 0. The maximum Gasteiger partial charge on any atom is 0.251 e. The maximum atomic E-state index is 10.6. The van der Waals surface area contributed by atoms with Crippen LogP contribution in [-0.4, -0.2) is 17.1 Å². The van der Waals surface area contributed by atoms with Crippen LogP contribution in [0.4, 0.5) is 0 Å². The molecule has 9 heavy (non-hydrogen) atoms. The van der Waals surface area contributed by atoms with Crippen molar-refractivity contribution in [2.75, 3.05) is 0 Å². The summed E-state index contributed by atoms with van der Waals surface area (Å²) in [5, 5.41) is 0. The molecule has 0 amide bonds. The first-order valence-electron chi connectivity index (χ1n) is 3.17. The molecule has 0 heterocycles. The molecular formula is C6H14NO2+. The second-order valence-corrected chi connectivity index (χ2v) is 2.53. The summed E-state index contributed by atoms with van der Waals surface area (Å²) in [6.07, 6.45) is -0.0232. The van der Waals surface area contributed by atoms with Crippen LogP contribution in [0.1, 0.15) is 27.7 Å². The topological polar surface area (TPSA) is 29.3 Å². The zero-order chi connectivity index (χ0) is 7.44. The van der Waals surface area contributed by atoms with E-state index in [2.05, 4.69) is 0 Å². The molecule has 0 bridgehead atoms. The summed E-state index contributed by atoms with van der Waals surface area (Å²) < 4.78 is 0. The van der Waals surface area contributed by atoms with Crippen LogP contribution < -0.4 is 0 Å². The van der Waals surface area contributed by atoms with Crippen LogP contribution in [0.2, 0.25) is 0 Å². The molecule has 3 heteroatoms. The Morgan fingerprint density at radius 1 is 1.22 bits per heavy atom. The number of rotatable bonds is 3. The van der Waals surface area contributed by atoms with Gasteiger partial charge in [-0.2, -0.15) is 0 Å². The molecule has 3 nitrogen and oxygen atoms in total. The number of hydrogen-bond donors (Lipinski definition) is 0. The van der Waals surface area contributed by atoms with E-state index in [1.54, 1.807) is 13.8 Å². The molecule has 0 aromatic rings. The summed E-state index contributed by atoms with van der Waals surface area (Å²) in [5.41, 5.74) is 0. The molecule has 0 fully saturated rings. The van der Waals surface area contributed by atoms with E-state index in [1.807, 2.05) is 13.8 Å². The van der Waals surface area contributed by atoms with Crippen LogP contribution in [0.5, 0.6) is 0 Å². The van der Waals surface area contributed by atoms with Crippen molar-refractivity contribution < 1.29 is 9.76 Å². The Hall–Kier alpha value is -0.600. The molecule has 0 aliphatic rings. The minimum atomic E-state index is -0.0904. The predicted molar refractivity (Wildman–Crippen MR) is 35.0 cm³/mol. The van der Waals surface area contributed by atoms with E-state index in [-0.39, 0.29) is 12.1 Å². The molecule has 0 saturated heterocycles. The van der Waals surface area contributed by atoms with Crippen LogP contribution in [0, 0.1) is 4.91 Å². The third kappa shape index (κ3) is 3.94. The highest BCUT2D eigenvalue weighted by Gasteiger charge is 2.17. The molecule has 0 aliphatic carbocycles. The van der Waals surface area contributed by atoms with Gasteiger partial charge in [0.1, 0.15) is 0 Å². The summed E-state index contributed by atoms with van der Waals surface area (Å²) in [4.78, 5) is 16.1. The number of nitrogens with zero attached hydrogens (tertiary/aromatic N) is 1. The van der Waals surface area contributed by atoms with Gasteiger partial charge >= 0.3 is 0 Å². The van der Waals surface area contributed by atoms with Gasteiger partial charge in [0.25, 0.3) is 6.04 Å². The van der Waals surface area contributed by atoms with E-state index in [0.717, 1.165) is 0 Å². The fourth-order valence-corrected chi connectivity index (χ4v) is 0.329. The lowest BCUT2D eigenvalue weighted by atomic mass is 10.4. The zero-order valence-corrected chi connectivity index (χ0v) is 6.42. The van der Waals surface area contributed by atoms with Crippen molar-refractivity contribution >= 4 is 0 Å². The van der Waals surface area contributed by atoms with Crippen LogP contribution in [0.3, 0.4) is 0 Å². The Bertz CT molecular complexity index is 99.2. The first-order valence-corrected chi connectivity index (χ1v) is 3.17. The van der Waals surface area contributed by atoms with Gasteiger partial charge in [0.05, 0.1) is 4.91 Å². The molecule has 0 spiro atoms. The summed E-state index contributed by atoms with van der Waals surface area (Å²) in [6, 6.07) is -0.0904. The Morgan fingerprint density at radius 2 is 1.67 bits per heavy atom. The smallest absolute Gasteiger partial charge is 0.229 e. The first-order chi connectivity index (χ1) is 4.04. The highest BCUT2D eigenvalue weighted by atomic mass is 16.8. The molecule has 0 N–H and O–H groups in total. The van der Waals surface area contributed by atoms with E-state index >= 15 is 0 Å². The summed E-state index contributed by atoms with van der Waals surface area (Å²) in [7, 11) is 0. The molecule has 0 unspecified atom stereocenters. The van der Waals surface area contributed by atoms with Crippen molar-refractivity contribution in [3.63, 3.8) is 0 Å². The van der Waals surface area contributed by atoms with Crippen LogP contribution >= 0.6 is 0 Å². The average molecular weight is 132 g/mol. The van der Waals surface area contributed by atoms with Crippen LogP contribution in [0.25, 0.3) is 0 Å². The van der Waals surface area contributed by atoms with E-state index in [4.69, 9.17) is 4.84 Å². The fraction of sp³-hybridized carbons (Fsp3) is 1.00. The van der Waals surface area contributed by atoms with Gasteiger partial charge in [-0.1, -0.05) is 0 Å². The van der Waals surface area contributed by atoms with Crippen LogP contribution in [-0.2, 0) is 4.84 Å². The lowest BCUT2D eigenvalue weighted by molar-refractivity contribution is -0.830. The zero-order valence-electron chi connectivity index (χ0n) is 6.42. The maximum absolute atomic E-state index is 10.6. The summed E-state index contributed by atoms with van der Waals surface area (Å²) in [6.45, 7) is 7.23. The van der Waals surface area contributed by atoms with Crippen molar-refractivity contribution in [2.24, 2.45) is 0 Å². The molecule has 54 valence electrons. The third-order valence-electron chi connectivity index (χ3n) is 0.736. The van der Waals surface area contributed by atoms with Gasteiger partial charge in [0, 0.05) is 13.8 Å². The van der Waals surface area contributed by atoms with Gasteiger partial charge in [0.15, 0.2) is 6.10 Å². The van der Waals surface area contributed by atoms with E-state index in [9.17, 15) is 4.91 Å². The normalized spacial score (nSPS) is 10.4. The minimum absolute atomic E-state index is 0.0232. The Kier molecular flexibility index (Phi) is 3.20. The molecule has 0 atom stereocenters. The molecule has 0 aliphatic heterocycles. The SMILES string of the molecule is CC(C)O[N+](=O)C(C)C. The fourth-order valence-electron chi connectivity index (χ4n) is 0.329. The molecular weight excluding hydrogens is 118 g/mol. The standard InChI is InChI=1S/C6H14NO2/c1-5(2)7(8)9-6(3)4/h5-6H,1-4H3/q+1. The largest absolute Gasteiger partial charge is 0.251 e. The van der Waals surface area contributed by atoms with E-state index < -0.39 is 0 Å². The second-order valence-electron chi connectivity index (χ2n) is 2.53. The Balaban J connectivity index is 3.51. The van der Waals surface area contributed by atoms with E-state index in [0.29, 0.717) is 4.92 Å². The third-order valence-corrected chi connectivity index (χ3v) is 0.736.